The standard InChI is InChI=1S/C29H32FN3O2S/c1-21-6-8-22(9-7-21)29-24-13-19-36-26(24)12-14-33(29)28(35)11-10-27(34)32-17-15-31(16-18-32)20-23-4-2-3-5-25(23)30/h2-9,13,19,29H,10-12,14-18,20H2,1H3. The van der Waals surface area contributed by atoms with Gasteiger partial charge in [0.2, 0.25) is 11.8 Å². The van der Waals surface area contributed by atoms with Gasteiger partial charge in [0, 0.05) is 62.6 Å². The Kier molecular flexibility index (Phi) is 7.48. The lowest BCUT2D eigenvalue weighted by molar-refractivity contribution is -0.139. The second-order valence-corrected chi connectivity index (χ2v) is 10.7. The summed E-state index contributed by atoms with van der Waals surface area (Å²) in [4.78, 5) is 33.6. The van der Waals surface area contributed by atoms with Crippen molar-refractivity contribution in [3.63, 3.8) is 0 Å². The molecule has 1 aromatic heterocycles. The van der Waals surface area contributed by atoms with Crippen LogP contribution in [0.5, 0.6) is 0 Å². The van der Waals surface area contributed by atoms with E-state index in [1.807, 2.05) is 21.9 Å². The summed E-state index contributed by atoms with van der Waals surface area (Å²) in [5.41, 5.74) is 4.20. The van der Waals surface area contributed by atoms with Crippen LogP contribution in [0.25, 0.3) is 0 Å². The molecule has 1 saturated heterocycles. The van der Waals surface area contributed by atoms with Crippen molar-refractivity contribution in [3.05, 3.63) is 92.9 Å². The number of carbonyl (C=O) groups excluding carboxylic acids is 2. The molecule has 3 heterocycles. The summed E-state index contributed by atoms with van der Waals surface area (Å²) < 4.78 is 14.0. The molecule has 2 aliphatic heterocycles. The van der Waals surface area contributed by atoms with Crippen molar-refractivity contribution in [2.24, 2.45) is 0 Å². The molecule has 2 aromatic carbocycles. The summed E-state index contributed by atoms with van der Waals surface area (Å²) in [7, 11) is 0. The van der Waals surface area contributed by atoms with E-state index in [0.29, 0.717) is 44.8 Å². The molecule has 2 amide bonds. The molecule has 1 atom stereocenters. The number of nitrogens with zero attached hydrogens (tertiary/aromatic N) is 3. The van der Waals surface area contributed by atoms with E-state index in [2.05, 4.69) is 47.5 Å². The molecule has 0 radical (unpaired) electrons. The Bertz CT molecular complexity index is 1220. The first-order valence-corrected chi connectivity index (χ1v) is 13.5. The summed E-state index contributed by atoms with van der Waals surface area (Å²) in [6.45, 7) is 5.91. The highest BCUT2D eigenvalue weighted by Crippen LogP contribution is 2.38. The molecule has 5 nitrogen and oxygen atoms in total. The van der Waals surface area contributed by atoms with Gasteiger partial charge >= 0.3 is 0 Å². The fourth-order valence-corrected chi connectivity index (χ4v) is 6.14. The Labute approximate surface area is 216 Å². The van der Waals surface area contributed by atoms with Crippen molar-refractivity contribution < 1.29 is 14.0 Å². The molecule has 0 saturated carbocycles. The first kappa shape index (κ1) is 24.7. The molecule has 0 N–H and O–H groups in total. The molecular formula is C29H32FN3O2S. The fourth-order valence-electron chi connectivity index (χ4n) is 5.23. The average molecular weight is 506 g/mol. The Hall–Kier alpha value is -3.03. The van der Waals surface area contributed by atoms with Crippen LogP contribution in [-0.2, 0) is 22.6 Å². The van der Waals surface area contributed by atoms with E-state index in [9.17, 15) is 14.0 Å². The molecule has 7 heteroatoms. The van der Waals surface area contributed by atoms with E-state index in [4.69, 9.17) is 0 Å². The van der Waals surface area contributed by atoms with Crippen LogP contribution in [0.2, 0.25) is 0 Å². The summed E-state index contributed by atoms with van der Waals surface area (Å²) in [6.07, 6.45) is 1.30. The Morgan fingerprint density at radius 3 is 2.39 bits per heavy atom. The van der Waals surface area contributed by atoms with Crippen LogP contribution < -0.4 is 0 Å². The number of thiophene rings is 1. The van der Waals surface area contributed by atoms with E-state index in [-0.39, 0.29) is 36.5 Å². The highest BCUT2D eigenvalue weighted by atomic mass is 32.1. The molecule has 36 heavy (non-hydrogen) atoms. The van der Waals surface area contributed by atoms with Gasteiger partial charge in [-0.3, -0.25) is 14.5 Å². The van der Waals surface area contributed by atoms with Gasteiger partial charge < -0.3 is 9.80 Å². The van der Waals surface area contributed by atoms with E-state index >= 15 is 0 Å². The molecule has 0 bridgehead atoms. The van der Waals surface area contributed by atoms with E-state index < -0.39 is 0 Å². The molecule has 1 fully saturated rings. The zero-order chi connectivity index (χ0) is 25.1. The van der Waals surface area contributed by atoms with Crippen LogP contribution in [0.3, 0.4) is 0 Å². The lowest BCUT2D eigenvalue weighted by Crippen LogP contribution is -2.48. The lowest BCUT2D eigenvalue weighted by Gasteiger charge is -2.37. The minimum absolute atomic E-state index is 0.0222. The summed E-state index contributed by atoms with van der Waals surface area (Å²) >= 11 is 1.76. The van der Waals surface area contributed by atoms with Crippen LogP contribution in [0.1, 0.15) is 46.0 Å². The first-order chi connectivity index (χ1) is 17.5. The number of hydrogen-bond acceptors (Lipinski definition) is 4. The summed E-state index contributed by atoms with van der Waals surface area (Å²) in [6, 6.07) is 17.3. The SMILES string of the molecule is Cc1ccc(C2c3ccsc3CCN2C(=O)CCC(=O)N2CCN(Cc3ccccc3F)CC2)cc1. The quantitative estimate of drug-likeness (QED) is 0.484. The van der Waals surface area contributed by atoms with Gasteiger partial charge in [0.25, 0.3) is 0 Å². The molecule has 1 unspecified atom stereocenters. The molecule has 3 aromatic rings. The van der Waals surface area contributed by atoms with Crippen molar-refractivity contribution >= 4 is 23.2 Å². The van der Waals surface area contributed by atoms with Gasteiger partial charge in [0.05, 0.1) is 6.04 Å². The maximum atomic E-state index is 14.0. The fraction of sp³-hybridized carbons (Fsp3) is 0.379. The first-order valence-electron chi connectivity index (χ1n) is 12.7. The maximum Gasteiger partial charge on any atom is 0.223 e. The van der Waals surface area contributed by atoms with Crippen LogP contribution in [0.4, 0.5) is 4.39 Å². The molecule has 2 aliphatic rings. The number of halogens is 1. The number of carbonyl (C=O) groups is 2. The Morgan fingerprint density at radius 2 is 1.64 bits per heavy atom. The highest BCUT2D eigenvalue weighted by molar-refractivity contribution is 7.10. The monoisotopic (exact) mass is 505 g/mol. The van der Waals surface area contributed by atoms with Crippen molar-refractivity contribution in [1.82, 2.24) is 14.7 Å². The minimum Gasteiger partial charge on any atom is -0.340 e. The number of rotatable bonds is 6. The second kappa shape index (κ2) is 10.9. The number of fused-ring (bicyclic) bond motifs is 1. The number of piperazine rings is 1. The predicted molar refractivity (Wildman–Crippen MR) is 140 cm³/mol. The maximum absolute atomic E-state index is 14.0. The molecule has 0 aliphatic carbocycles. The Balaban J connectivity index is 1.17. The largest absolute Gasteiger partial charge is 0.340 e. The van der Waals surface area contributed by atoms with Crippen LogP contribution in [0.15, 0.2) is 60.0 Å². The van der Waals surface area contributed by atoms with E-state index in [1.54, 1.807) is 17.4 Å². The third-order valence-electron chi connectivity index (χ3n) is 7.31. The molecule has 0 spiro atoms. The van der Waals surface area contributed by atoms with Crippen molar-refractivity contribution in [3.8, 4) is 0 Å². The van der Waals surface area contributed by atoms with Crippen LogP contribution in [-0.4, -0.2) is 59.2 Å². The summed E-state index contributed by atoms with van der Waals surface area (Å²) in [5, 5.41) is 2.11. The molecule has 5 rings (SSSR count). The van der Waals surface area contributed by atoms with E-state index in [0.717, 1.165) is 12.0 Å². The van der Waals surface area contributed by atoms with Gasteiger partial charge in [-0.1, -0.05) is 48.0 Å². The van der Waals surface area contributed by atoms with Gasteiger partial charge in [0.1, 0.15) is 5.82 Å². The van der Waals surface area contributed by atoms with Crippen molar-refractivity contribution in [2.75, 3.05) is 32.7 Å². The molecular weight excluding hydrogens is 473 g/mol. The van der Waals surface area contributed by atoms with Crippen LogP contribution in [0, 0.1) is 12.7 Å². The number of hydrogen-bond donors (Lipinski definition) is 0. The van der Waals surface area contributed by atoms with Crippen molar-refractivity contribution in [2.45, 2.75) is 38.8 Å². The normalized spacial score (nSPS) is 18.2. The third-order valence-corrected chi connectivity index (χ3v) is 8.31. The smallest absolute Gasteiger partial charge is 0.223 e. The number of amides is 2. The third kappa shape index (κ3) is 5.37. The number of benzene rings is 2. The zero-order valence-electron chi connectivity index (χ0n) is 20.7. The summed E-state index contributed by atoms with van der Waals surface area (Å²) in [5.74, 6) is -0.135. The van der Waals surface area contributed by atoms with Gasteiger partial charge in [-0.25, -0.2) is 4.39 Å². The highest BCUT2D eigenvalue weighted by Gasteiger charge is 2.33. The molecule has 188 valence electrons. The van der Waals surface area contributed by atoms with Gasteiger partial charge in [-0.2, -0.15) is 0 Å². The zero-order valence-corrected chi connectivity index (χ0v) is 21.5. The average Bonchev–Trinajstić information content (AvgIpc) is 3.38. The second-order valence-electron chi connectivity index (χ2n) is 9.70. The number of aryl methyl sites for hydroxylation is 1. The van der Waals surface area contributed by atoms with Crippen molar-refractivity contribution in [1.29, 1.82) is 0 Å². The van der Waals surface area contributed by atoms with Crippen LogP contribution >= 0.6 is 11.3 Å². The van der Waals surface area contributed by atoms with Gasteiger partial charge in [-0.15, -0.1) is 11.3 Å². The van der Waals surface area contributed by atoms with Gasteiger partial charge in [-0.05, 0) is 42.0 Å². The van der Waals surface area contributed by atoms with E-state index in [1.165, 1.54) is 22.1 Å². The minimum atomic E-state index is -0.189. The lowest BCUT2D eigenvalue weighted by atomic mass is 9.92. The predicted octanol–water partition coefficient (Wildman–Crippen LogP) is 4.79. The van der Waals surface area contributed by atoms with Gasteiger partial charge in [0.15, 0.2) is 0 Å². The topological polar surface area (TPSA) is 43.9 Å². The Morgan fingerprint density at radius 1 is 0.917 bits per heavy atom.